The molecule has 1 aromatic heterocycles. The van der Waals surface area contributed by atoms with Crippen LogP contribution in [0.3, 0.4) is 0 Å². The molecular weight excluding hydrogens is 376 g/mol. The monoisotopic (exact) mass is 402 g/mol. The van der Waals surface area contributed by atoms with E-state index in [1.165, 1.54) is 0 Å². The third-order valence-electron chi connectivity index (χ3n) is 4.47. The third-order valence-corrected chi connectivity index (χ3v) is 4.76. The molecule has 1 saturated carbocycles. The van der Waals surface area contributed by atoms with Gasteiger partial charge < -0.3 is 35.1 Å². The Hall–Kier alpha value is -1.39. The molecule has 1 aliphatic carbocycles. The lowest BCUT2D eigenvalue weighted by Gasteiger charge is -2.24. The molecule has 4 N–H and O–H groups in total. The summed E-state index contributed by atoms with van der Waals surface area (Å²) in [6, 6.07) is 0.0119. The van der Waals surface area contributed by atoms with Gasteiger partial charge in [0.1, 0.15) is 17.9 Å². The lowest BCUT2D eigenvalue weighted by molar-refractivity contribution is -0.167. The zero-order valence-electron chi connectivity index (χ0n) is 15.8. The number of aliphatic hydroxyl groups excluding tert-OH is 1. The highest BCUT2D eigenvalue weighted by Gasteiger charge is 2.54. The quantitative estimate of drug-likeness (QED) is 0.556. The number of nitrogens with zero attached hydrogens (tertiary/aromatic N) is 2. The highest BCUT2D eigenvalue weighted by molar-refractivity contribution is 6.32. The van der Waals surface area contributed by atoms with E-state index in [0.29, 0.717) is 18.8 Å². The molecule has 4 atom stereocenters. The van der Waals surface area contributed by atoms with E-state index in [4.69, 9.17) is 41.4 Å². The van der Waals surface area contributed by atoms with Crippen molar-refractivity contribution >= 4 is 23.1 Å². The van der Waals surface area contributed by atoms with Gasteiger partial charge in [-0.2, -0.15) is 9.97 Å². The summed E-state index contributed by atoms with van der Waals surface area (Å²) in [7, 11) is 0. The number of fused-ring (bicyclic) bond motifs is 1. The molecule has 10 heteroatoms. The smallest absolute Gasteiger partial charge is 0.319 e. The molecule has 0 aromatic carbocycles. The Labute approximate surface area is 163 Å². The number of halogens is 1. The highest BCUT2D eigenvalue weighted by Crippen LogP contribution is 2.41. The fourth-order valence-corrected chi connectivity index (χ4v) is 3.57. The van der Waals surface area contributed by atoms with E-state index in [2.05, 4.69) is 15.3 Å². The molecule has 1 aliphatic heterocycles. The highest BCUT2D eigenvalue weighted by atomic mass is 35.5. The molecule has 27 heavy (non-hydrogen) atoms. The Morgan fingerprint density at radius 3 is 2.74 bits per heavy atom. The summed E-state index contributed by atoms with van der Waals surface area (Å²) >= 11 is 6.13. The average Bonchev–Trinajstić information content (AvgIpc) is 3.09. The summed E-state index contributed by atoms with van der Waals surface area (Å²) in [5, 5.41) is 12.5. The molecule has 1 aromatic rings. The molecule has 3 rings (SSSR count). The summed E-state index contributed by atoms with van der Waals surface area (Å²) in [5.74, 6) is -0.332. The molecule has 2 aliphatic rings. The van der Waals surface area contributed by atoms with Crippen LogP contribution >= 0.6 is 11.6 Å². The van der Waals surface area contributed by atoms with Crippen molar-refractivity contribution in [2.45, 2.75) is 63.8 Å². The van der Waals surface area contributed by atoms with Crippen LogP contribution < -0.4 is 15.8 Å². The first-order valence-corrected chi connectivity index (χ1v) is 9.53. The molecule has 0 amide bonds. The van der Waals surface area contributed by atoms with E-state index in [1.54, 1.807) is 0 Å². The van der Waals surface area contributed by atoms with Crippen LogP contribution in [-0.4, -0.2) is 65.0 Å². The number of aliphatic hydroxyl groups is 1. The number of nitrogens with one attached hydrogen (secondary N) is 1. The Morgan fingerprint density at radius 2 is 2.04 bits per heavy atom. The summed E-state index contributed by atoms with van der Waals surface area (Å²) in [6.07, 6.45) is 0.716. The second-order valence-corrected chi connectivity index (χ2v) is 7.45. The topological polar surface area (TPSA) is 121 Å². The fourth-order valence-electron chi connectivity index (χ4n) is 3.41. The standard InChI is InChI=1S/C17H27ClN4O5/c1-4-6-25-16-21-14(18)11(19)15(22-16)20-9-8-10(24-7-5-23)13-12(9)26-17(2,3)27-13/h9-10,12-13,23H,4-8,19H2,1-3H3,(H,20,21,22)/t9-,10+,12+,13-/m1/s1. The van der Waals surface area contributed by atoms with Crippen molar-refractivity contribution in [1.29, 1.82) is 0 Å². The molecule has 2 fully saturated rings. The minimum atomic E-state index is -0.721. The Kier molecular flexibility index (Phi) is 6.27. The van der Waals surface area contributed by atoms with Crippen molar-refractivity contribution in [3.8, 4) is 6.01 Å². The summed E-state index contributed by atoms with van der Waals surface area (Å²) in [6.45, 7) is 6.37. The molecule has 1 saturated heterocycles. The molecule has 0 radical (unpaired) electrons. The van der Waals surface area contributed by atoms with Gasteiger partial charge in [-0.25, -0.2) is 0 Å². The normalized spacial score (nSPS) is 28.9. The number of hydrogen-bond donors (Lipinski definition) is 3. The van der Waals surface area contributed by atoms with Crippen LogP contribution in [-0.2, 0) is 14.2 Å². The van der Waals surface area contributed by atoms with Crippen molar-refractivity contribution in [2.75, 3.05) is 30.9 Å². The number of rotatable bonds is 8. The van der Waals surface area contributed by atoms with Crippen LogP contribution in [0.15, 0.2) is 0 Å². The van der Waals surface area contributed by atoms with Gasteiger partial charge in [0.05, 0.1) is 32.0 Å². The van der Waals surface area contributed by atoms with Crippen LogP contribution in [0.5, 0.6) is 6.01 Å². The van der Waals surface area contributed by atoms with Gasteiger partial charge in [-0.3, -0.25) is 0 Å². The van der Waals surface area contributed by atoms with Crippen molar-refractivity contribution in [3.63, 3.8) is 0 Å². The predicted molar refractivity (Wildman–Crippen MR) is 99.9 cm³/mol. The molecule has 2 heterocycles. The maximum Gasteiger partial charge on any atom is 0.319 e. The SMILES string of the molecule is CCCOc1nc(Cl)c(N)c(N[C@@H]2C[C@H](OCCO)[C@H]3OC(C)(C)O[C@H]32)n1. The van der Waals surface area contributed by atoms with E-state index in [0.717, 1.165) is 6.42 Å². The number of hydrogen-bond acceptors (Lipinski definition) is 9. The molecular formula is C17H27ClN4O5. The average molecular weight is 403 g/mol. The lowest BCUT2D eigenvalue weighted by Crippen LogP contribution is -2.35. The van der Waals surface area contributed by atoms with Crippen molar-refractivity contribution < 1.29 is 24.1 Å². The molecule has 152 valence electrons. The predicted octanol–water partition coefficient (Wildman–Crippen LogP) is 1.58. The Bertz CT molecular complexity index is 662. The van der Waals surface area contributed by atoms with E-state index >= 15 is 0 Å². The molecule has 0 unspecified atom stereocenters. The van der Waals surface area contributed by atoms with Crippen LogP contribution in [0.4, 0.5) is 11.5 Å². The number of nitrogens with two attached hydrogens (primary N) is 1. The van der Waals surface area contributed by atoms with Gasteiger partial charge in [-0.05, 0) is 26.7 Å². The van der Waals surface area contributed by atoms with Gasteiger partial charge in [-0.1, -0.05) is 18.5 Å². The van der Waals surface area contributed by atoms with Gasteiger partial charge in [0, 0.05) is 0 Å². The summed E-state index contributed by atoms with van der Waals surface area (Å²) in [5.41, 5.74) is 6.30. The first kappa shape index (κ1) is 20.3. The van der Waals surface area contributed by atoms with Crippen molar-refractivity contribution in [3.05, 3.63) is 5.15 Å². The molecule has 0 spiro atoms. The van der Waals surface area contributed by atoms with Gasteiger partial charge in [0.2, 0.25) is 0 Å². The van der Waals surface area contributed by atoms with Crippen LogP contribution in [0.1, 0.15) is 33.6 Å². The van der Waals surface area contributed by atoms with E-state index in [9.17, 15) is 0 Å². The molecule has 0 bridgehead atoms. The van der Waals surface area contributed by atoms with Crippen molar-refractivity contribution in [1.82, 2.24) is 9.97 Å². The number of aromatic nitrogens is 2. The lowest BCUT2D eigenvalue weighted by atomic mass is 10.2. The third kappa shape index (κ3) is 4.55. The Balaban J connectivity index is 1.79. The summed E-state index contributed by atoms with van der Waals surface area (Å²) < 4.78 is 23.3. The van der Waals surface area contributed by atoms with Gasteiger partial charge >= 0.3 is 6.01 Å². The van der Waals surface area contributed by atoms with E-state index in [1.807, 2.05) is 20.8 Å². The van der Waals surface area contributed by atoms with Crippen LogP contribution in [0.25, 0.3) is 0 Å². The summed E-state index contributed by atoms with van der Waals surface area (Å²) in [4.78, 5) is 8.39. The van der Waals surface area contributed by atoms with Crippen molar-refractivity contribution in [2.24, 2.45) is 0 Å². The van der Waals surface area contributed by atoms with E-state index in [-0.39, 0.29) is 54.4 Å². The minimum absolute atomic E-state index is 0.0528. The van der Waals surface area contributed by atoms with Gasteiger partial charge in [-0.15, -0.1) is 0 Å². The van der Waals surface area contributed by atoms with Crippen LogP contribution in [0.2, 0.25) is 5.15 Å². The maximum atomic E-state index is 9.06. The van der Waals surface area contributed by atoms with Crippen LogP contribution in [0, 0.1) is 0 Å². The second kappa shape index (κ2) is 8.32. The van der Waals surface area contributed by atoms with Gasteiger partial charge in [0.15, 0.2) is 16.8 Å². The molecule has 9 nitrogen and oxygen atoms in total. The zero-order valence-corrected chi connectivity index (χ0v) is 16.5. The number of nitrogen functional groups attached to an aromatic ring is 1. The minimum Gasteiger partial charge on any atom is -0.463 e. The first-order chi connectivity index (χ1) is 12.8. The number of ether oxygens (including phenoxy) is 4. The Morgan fingerprint density at radius 1 is 1.30 bits per heavy atom. The van der Waals surface area contributed by atoms with Gasteiger partial charge in [0.25, 0.3) is 0 Å². The maximum absolute atomic E-state index is 9.06. The first-order valence-electron chi connectivity index (χ1n) is 9.15. The zero-order chi connectivity index (χ0) is 19.6. The number of anilines is 2. The second-order valence-electron chi connectivity index (χ2n) is 7.09. The largest absolute Gasteiger partial charge is 0.463 e. The fraction of sp³-hybridized carbons (Fsp3) is 0.765. The van der Waals surface area contributed by atoms with E-state index < -0.39 is 5.79 Å².